The van der Waals surface area contributed by atoms with E-state index in [0.29, 0.717) is 11.5 Å². The highest BCUT2D eigenvalue weighted by Crippen LogP contribution is 2.43. The molecule has 0 saturated heterocycles. The lowest BCUT2D eigenvalue weighted by Crippen LogP contribution is -2.18. The average molecular weight is 465 g/mol. The number of phenolic OH excluding ortho intramolecular Hbond substituents is 2. The molecule has 34 heavy (non-hydrogen) atoms. The molecule has 0 aromatic heterocycles. The van der Waals surface area contributed by atoms with Crippen LogP contribution in [0, 0.1) is 0 Å². The second-order valence-electron chi connectivity index (χ2n) is 13.9. The highest BCUT2D eigenvalue weighted by Gasteiger charge is 2.28. The van der Waals surface area contributed by atoms with Gasteiger partial charge in [0.15, 0.2) is 0 Å². The number of allylic oxidation sites excluding steroid dienone is 1. The Bertz CT molecular complexity index is 1000. The van der Waals surface area contributed by atoms with Gasteiger partial charge < -0.3 is 10.2 Å². The van der Waals surface area contributed by atoms with Crippen LogP contribution in [0.2, 0.25) is 0 Å². The van der Waals surface area contributed by atoms with E-state index in [0.717, 1.165) is 39.8 Å². The van der Waals surface area contributed by atoms with Gasteiger partial charge in [0.25, 0.3) is 0 Å². The number of aromatic hydroxyl groups is 2. The van der Waals surface area contributed by atoms with Crippen LogP contribution in [-0.4, -0.2) is 10.2 Å². The Hall–Kier alpha value is -2.22. The van der Waals surface area contributed by atoms with Crippen LogP contribution in [0.15, 0.2) is 24.3 Å². The van der Waals surface area contributed by atoms with E-state index < -0.39 is 0 Å². The summed E-state index contributed by atoms with van der Waals surface area (Å²) in [6.45, 7) is 28.0. The molecule has 2 rings (SSSR count). The molecule has 0 amide bonds. The van der Waals surface area contributed by atoms with Gasteiger partial charge >= 0.3 is 0 Å². The minimum Gasteiger partial charge on any atom is -0.507 e. The van der Waals surface area contributed by atoms with E-state index in [4.69, 9.17) is 0 Å². The largest absolute Gasteiger partial charge is 0.507 e. The predicted octanol–water partition coefficient (Wildman–Crippen LogP) is 9.24. The van der Waals surface area contributed by atoms with E-state index in [2.05, 4.69) is 120 Å². The first-order valence-corrected chi connectivity index (χ1v) is 12.6. The molecule has 2 N–H and O–H groups in total. The summed E-state index contributed by atoms with van der Waals surface area (Å²) in [6, 6.07) is 8.59. The van der Waals surface area contributed by atoms with Crippen molar-refractivity contribution in [2.24, 2.45) is 0 Å². The van der Waals surface area contributed by atoms with Gasteiger partial charge in [-0.1, -0.05) is 96.1 Å². The van der Waals surface area contributed by atoms with E-state index in [1.165, 1.54) is 5.57 Å². The monoisotopic (exact) mass is 464 g/mol. The summed E-state index contributed by atoms with van der Waals surface area (Å²) in [6.07, 6.45) is 3.13. The summed E-state index contributed by atoms with van der Waals surface area (Å²) in [7, 11) is 0. The first-order chi connectivity index (χ1) is 15.2. The maximum atomic E-state index is 11.2. The Labute approximate surface area is 209 Å². The molecule has 188 valence electrons. The highest BCUT2D eigenvalue weighted by molar-refractivity contribution is 5.83. The van der Waals surface area contributed by atoms with Crippen LogP contribution in [0.1, 0.15) is 130 Å². The van der Waals surface area contributed by atoms with Crippen LogP contribution >= 0.6 is 0 Å². The van der Waals surface area contributed by atoms with Gasteiger partial charge in [-0.2, -0.15) is 0 Å². The molecule has 0 fully saturated rings. The quantitative estimate of drug-likeness (QED) is 0.444. The summed E-state index contributed by atoms with van der Waals surface area (Å²) in [5.41, 5.74) is 6.70. The first-order valence-electron chi connectivity index (χ1n) is 12.6. The number of rotatable bonds is 3. The molecule has 0 saturated carbocycles. The summed E-state index contributed by atoms with van der Waals surface area (Å²) in [5.74, 6) is 0.818. The third kappa shape index (κ3) is 6.06. The number of phenols is 2. The SMILES string of the molecule is CCC(=Cc1cc(C(C)(C)C)c(O)c(C(C)(C)C)c1)c1cc(C(C)(C)C)c(O)c(C(C)(C)C)c1. The molecular formula is C32H48O2. The van der Waals surface area contributed by atoms with Crippen molar-refractivity contribution in [3.63, 3.8) is 0 Å². The summed E-state index contributed by atoms with van der Waals surface area (Å²) >= 11 is 0. The van der Waals surface area contributed by atoms with Gasteiger partial charge in [-0.05, 0) is 69.0 Å². The molecule has 0 aliphatic heterocycles. The van der Waals surface area contributed by atoms with E-state index in [9.17, 15) is 10.2 Å². The zero-order chi connectivity index (χ0) is 26.4. The topological polar surface area (TPSA) is 40.5 Å². The molecule has 0 aliphatic carbocycles. The van der Waals surface area contributed by atoms with Gasteiger partial charge in [-0.15, -0.1) is 0 Å². The Morgan fingerprint density at radius 3 is 1.15 bits per heavy atom. The normalized spacial score (nSPS) is 14.0. The fraction of sp³-hybridized carbons (Fsp3) is 0.562. The molecule has 0 radical (unpaired) electrons. The van der Waals surface area contributed by atoms with Crippen molar-refractivity contribution in [3.05, 3.63) is 57.6 Å². The lowest BCUT2D eigenvalue weighted by Gasteiger charge is -2.29. The fourth-order valence-electron chi connectivity index (χ4n) is 4.44. The maximum absolute atomic E-state index is 11.2. The van der Waals surface area contributed by atoms with Crippen molar-refractivity contribution in [1.82, 2.24) is 0 Å². The molecule has 2 heteroatoms. The number of benzene rings is 2. The maximum Gasteiger partial charge on any atom is 0.123 e. The van der Waals surface area contributed by atoms with Crippen LogP contribution in [0.3, 0.4) is 0 Å². The summed E-state index contributed by atoms with van der Waals surface area (Å²) in [4.78, 5) is 0. The smallest absolute Gasteiger partial charge is 0.123 e. The van der Waals surface area contributed by atoms with Crippen LogP contribution in [0.4, 0.5) is 0 Å². The van der Waals surface area contributed by atoms with Gasteiger partial charge in [0, 0.05) is 22.3 Å². The van der Waals surface area contributed by atoms with Gasteiger partial charge in [-0.3, -0.25) is 0 Å². The first kappa shape index (κ1) is 28.0. The molecule has 0 bridgehead atoms. The van der Waals surface area contributed by atoms with Crippen molar-refractivity contribution < 1.29 is 10.2 Å². The van der Waals surface area contributed by atoms with Crippen molar-refractivity contribution >= 4 is 11.6 Å². The minimum absolute atomic E-state index is 0.169. The average Bonchev–Trinajstić information content (AvgIpc) is 2.63. The summed E-state index contributed by atoms with van der Waals surface area (Å²) < 4.78 is 0. The molecule has 0 heterocycles. The molecule has 0 unspecified atom stereocenters. The fourth-order valence-corrected chi connectivity index (χ4v) is 4.44. The van der Waals surface area contributed by atoms with E-state index >= 15 is 0 Å². The second-order valence-corrected chi connectivity index (χ2v) is 13.9. The van der Waals surface area contributed by atoms with Crippen LogP contribution in [0.25, 0.3) is 11.6 Å². The molecule has 2 aromatic rings. The Balaban J connectivity index is 2.87. The Morgan fingerprint density at radius 1 is 0.588 bits per heavy atom. The third-order valence-electron chi connectivity index (χ3n) is 6.57. The van der Waals surface area contributed by atoms with Crippen LogP contribution in [-0.2, 0) is 21.7 Å². The van der Waals surface area contributed by atoms with Crippen LogP contribution < -0.4 is 0 Å². The molecule has 0 spiro atoms. The summed E-state index contributed by atoms with van der Waals surface area (Å²) in [5, 5.41) is 22.3. The standard InChI is InChI=1S/C32H48O2/c1-14-21(22-18-25(31(8,9)10)28(34)26(19-22)32(11,12)13)15-20-16-23(29(2,3)4)27(33)24(17-20)30(5,6)7/h15-19,33-34H,14H2,1-13H3. The zero-order valence-electron chi connectivity index (χ0n) is 24.0. The highest BCUT2D eigenvalue weighted by atomic mass is 16.3. The van der Waals surface area contributed by atoms with Crippen molar-refractivity contribution in [3.8, 4) is 11.5 Å². The van der Waals surface area contributed by atoms with Crippen molar-refractivity contribution in [2.75, 3.05) is 0 Å². The molecular weight excluding hydrogens is 416 g/mol. The van der Waals surface area contributed by atoms with E-state index in [-0.39, 0.29) is 21.7 Å². The number of hydrogen-bond acceptors (Lipinski definition) is 2. The Kier molecular flexibility index (Phi) is 7.50. The molecule has 0 aliphatic rings. The lowest BCUT2D eigenvalue weighted by atomic mass is 9.77. The molecule has 2 aromatic carbocycles. The Morgan fingerprint density at radius 2 is 0.882 bits per heavy atom. The second kappa shape index (κ2) is 9.10. The lowest BCUT2D eigenvalue weighted by molar-refractivity contribution is 0.422. The van der Waals surface area contributed by atoms with Gasteiger partial charge in [0.2, 0.25) is 0 Å². The van der Waals surface area contributed by atoms with Gasteiger partial charge in [0.05, 0.1) is 0 Å². The zero-order valence-corrected chi connectivity index (χ0v) is 24.0. The molecule has 2 nitrogen and oxygen atoms in total. The minimum atomic E-state index is -0.170. The molecule has 0 atom stereocenters. The van der Waals surface area contributed by atoms with Crippen molar-refractivity contribution in [1.29, 1.82) is 0 Å². The van der Waals surface area contributed by atoms with Gasteiger partial charge in [0.1, 0.15) is 11.5 Å². The van der Waals surface area contributed by atoms with Crippen molar-refractivity contribution in [2.45, 2.75) is 118 Å². The number of hydrogen-bond donors (Lipinski definition) is 2. The van der Waals surface area contributed by atoms with Crippen LogP contribution in [0.5, 0.6) is 11.5 Å². The predicted molar refractivity (Wildman–Crippen MR) is 149 cm³/mol. The van der Waals surface area contributed by atoms with Gasteiger partial charge in [-0.25, -0.2) is 0 Å². The van der Waals surface area contributed by atoms with E-state index in [1.807, 2.05) is 0 Å². The third-order valence-corrected chi connectivity index (χ3v) is 6.57. The van der Waals surface area contributed by atoms with E-state index in [1.54, 1.807) is 0 Å².